The minimum absolute atomic E-state index is 0.292. The summed E-state index contributed by atoms with van der Waals surface area (Å²) in [7, 11) is 1.58. The molecule has 2 aromatic carbocycles. The Hall–Kier alpha value is -4.92. The number of nitrogens with one attached hydrogen (secondary N) is 1. The number of rotatable bonds is 9. The molecule has 1 atom stereocenters. The Kier molecular flexibility index (Phi) is 6.19. The lowest BCUT2D eigenvalue weighted by atomic mass is 9.98. The topological polar surface area (TPSA) is 111 Å². The molecule has 9 heteroatoms. The molecule has 0 saturated heterocycles. The number of Topliss-reactive ketones (excluding diaryl/α,β-unsaturated/α-hetero) is 1. The summed E-state index contributed by atoms with van der Waals surface area (Å²) >= 11 is 0. The number of carboxylic acid groups (broad SMARTS) is 1. The van der Waals surface area contributed by atoms with Crippen molar-refractivity contribution in [3.8, 4) is 17.0 Å². The number of ether oxygens (including phenoxy) is 1. The highest BCUT2D eigenvalue weighted by atomic mass is 16.5. The van der Waals surface area contributed by atoms with Crippen molar-refractivity contribution in [2.24, 2.45) is 0 Å². The Bertz CT molecular complexity index is 1510. The summed E-state index contributed by atoms with van der Waals surface area (Å²) < 4.78 is 8.31. The Morgan fingerprint density at radius 2 is 1.81 bits per heavy atom. The SMILES string of the molecule is COc1cccc(NC(C(=O)c2cn(CC(=O)O)nc2-c2ccccc2)c2cc3ccccn3n2)c1. The van der Waals surface area contributed by atoms with Gasteiger partial charge in [0, 0.05) is 29.7 Å². The highest BCUT2D eigenvalue weighted by Gasteiger charge is 2.29. The molecule has 0 aliphatic carbocycles. The van der Waals surface area contributed by atoms with E-state index >= 15 is 0 Å². The number of aromatic nitrogens is 4. The van der Waals surface area contributed by atoms with Crippen molar-refractivity contribution in [1.82, 2.24) is 19.4 Å². The smallest absolute Gasteiger partial charge is 0.325 e. The van der Waals surface area contributed by atoms with E-state index in [9.17, 15) is 14.7 Å². The van der Waals surface area contributed by atoms with Gasteiger partial charge in [-0.15, -0.1) is 0 Å². The molecule has 0 spiro atoms. The minimum Gasteiger partial charge on any atom is -0.497 e. The van der Waals surface area contributed by atoms with Gasteiger partial charge in [-0.3, -0.25) is 14.3 Å². The standard InChI is InChI=1S/C27H23N5O4/c1-36-21-12-7-10-19(14-21)28-26(23-15-20-11-5-6-13-32(20)29-23)27(35)22-16-31(17-24(33)34)30-25(22)18-8-3-2-4-9-18/h2-16,26,28H,17H2,1H3,(H,33,34). The molecule has 9 nitrogen and oxygen atoms in total. The van der Waals surface area contributed by atoms with Crippen LogP contribution >= 0.6 is 0 Å². The van der Waals surface area contributed by atoms with Crippen LogP contribution in [0.3, 0.4) is 0 Å². The van der Waals surface area contributed by atoms with Crippen molar-refractivity contribution in [2.75, 3.05) is 12.4 Å². The van der Waals surface area contributed by atoms with Crippen LogP contribution in [0.4, 0.5) is 5.69 Å². The van der Waals surface area contributed by atoms with Crippen molar-refractivity contribution in [2.45, 2.75) is 12.6 Å². The van der Waals surface area contributed by atoms with Crippen molar-refractivity contribution in [3.05, 3.63) is 103 Å². The van der Waals surface area contributed by atoms with Gasteiger partial charge in [-0.2, -0.15) is 10.2 Å². The van der Waals surface area contributed by atoms with E-state index in [0.717, 1.165) is 5.52 Å². The number of nitrogens with zero attached hydrogens (tertiary/aromatic N) is 4. The highest BCUT2D eigenvalue weighted by Crippen LogP contribution is 2.30. The zero-order chi connectivity index (χ0) is 25.1. The van der Waals surface area contributed by atoms with Crippen LogP contribution in [-0.4, -0.2) is 43.4 Å². The van der Waals surface area contributed by atoms with E-state index in [-0.39, 0.29) is 12.3 Å². The van der Waals surface area contributed by atoms with Gasteiger partial charge in [0.15, 0.2) is 5.78 Å². The second kappa shape index (κ2) is 9.75. The molecule has 3 aromatic heterocycles. The molecule has 2 N–H and O–H groups in total. The molecular weight excluding hydrogens is 458 g/mol. The van der Waals surface area contributed by atoms with E-state index in [2.05, 4.69) is 15.5 Å². The van der Waals surface area contributed by atoms with Gasteiger partial charge in [0.25, 0.3) is 0 Å². The maximum atomic E-state index is 14.1. The largest absolute Gasteiger partial charge is 0.497 e. The number of fused-ring (bicyclic) bond motifs is 1. The predicted molar refractivity (Wildman–Crippen MR) is 134 cm³/mol. The van der Waals surface area contributed by atoms with Crippen molar-refractivity contribution in [3.63, 3.8) is 0 Å². The maximum Gasteiger partial charge on any atom is 0.325 e. The highest BCUT2D eigenvalue weighted by molar-refractivity contribution is 6.06. The average molecular weight is 482 g/mol. The fourth-order valence-electron chi connectivity index (χ4n) is 4.04. The molecule has 5 rings (SSSR count). The third kappa shape index (κ3) is 4.67. The van der Waals surface area contributed by atoms with E-state index in [4.69, 9.17) is 4.74 Å². The van der Waals surface area contributed by atoms with Crippen molar-refractivity contribution < 1.29 is 19.4 Å². The number of pyridine rings is 1. The number of benzene rings is 2. The lowest BCUT2D eigenvalue weighted by Crippen LogP contribution is -2.22. The molecule has 5 aromatic rings. The summed E-state index contributed by atoms with van der Waals surface area (Å²) in [5.41, 5.74) is 3.42. The Morgan fingerprint density at radius 1 is 1.00 bits per heavy atom. The third-order valence-corrected chi connectivity index (χ3v) is 5.70. The van der Waals surface area contributed by atoms with Crippen LogP contribution in [0, 0.1) is 0 Å². The first-order valence-electron chi connectivity index (χ1n) is 11.3. The molecule has 0 aliphatic rings. The maximum absolute atomic E-state index is 14.1. The van der Waals surface area contributed by atoms with Crippen LogP contribution in [0.2, 0.25) is 0 Å². The van der Waals surface area contributed by atoms with E-state index in [1.54, 1.807) is 17.7 Å². The number of ketones is 1. The first-order valence-corrected chi connectivity index (χ1v) is 11.3. The molecule has 0 aliphatic heterocycles. The molecule has 0 saturated carbocycles. The lowest BCUT2D eigenvalue weighted by Gasteiger charge is -2.17. The second-order valence-electron chi connectivity index (χ2n) is 8.16. The molecule has 3 heterocycles. The summed E-state index contributed by atoms with van der Waals surface area (Å²) in [5.74, 6) is -0.709. The Morgan fingerprint density at radius 3 is 2.56 bits per heavy atom. The zero-order valence-electron chi connectivity index (χ0n) is 19.4. The number of anilines is 1. The van der Waals surface area contributed by atoms with E-state index in [1.807, 2.05) is 79.0 Å². The molecule has 0 amide bonds. The number of carbonyl (C=O) groups is 2. The summed E-state index contributed by atoms with van der Waals surface area (Å²) in [6.07, 6.45) is 3.29. The van der Waals surface area contributed by atoms with Gasteiger partial charge in [0.1, 0.15) is 24.0 Å². The van der Waals surface area contributed by atoms with Crippen molar-refractivity contribution in [1.29, 1.82) is 0 Å². The molecule has 0 fully saturated rings. The molecule has 36 heavy (non-hydrogen) atoms. The summed E-state index contributed by atoms with van der Waals surface area (Å²) in [4.78, 5) is 25.5. The Balaban J connectivity index is 1.62. The van der Waals surface area contributed by atoms with Crippen LogP contribution in [0.5, 0.6) is 5.75 Å². The minimum atomic E-state index is -1.05. The predicted octanol–water partition coefficient (Wildman–Crippen LogP) is 4.33. The van der Waals surface area contributed by atoms with Gasteiger partial charge in [0.05, 0.1) is 23.9 Å². The molecular formula is C27H23N5O4. The van der Waals surface area contributed by atoms with E-state index in [1.165, 1.54) is 10.9 Å². The van der Waals surface area contributed by atoms with Gasteiger partial charge >= 0.3 is 5.97 Å². The number of carboxylic acids is 1. The van der Waals surface area contributed by atoms with Crippen LogP contribution in [0.15, 0.2) is 91.3 Å². The Labute approximate surface area is 206 Å². The van der Waals surface area contributed by atoms with Gasteiger partial charge in [0.2, 0.25) is 0 Å². The fourth-order valence-corrected chi connectivity index (χ4v) is 4.04. The quantitative estimate of drug-likeness (QED) is 0.302. The number of methoxy groups -OCH3 is 1. The normalized spacial score (nSPS) is 11.8. The molecule has 0 radical (unpaired) electrons. The fraction of sp³-hybridized carbons (Fsp3) is 0.111. The van der Waals surface area contributed by atoms with Crippen LogP contribution in [0.1, 0.15) is 22.1 Å². The third-order valence-electron chi connectivity index (χ3n) is 5.70. The van der Waals surface area contributed by atoms with Crippen LogP contribution in [-0.2, 0) is 11.3 Å². The monoisotopic (exact) mass is 481 g/mol. The summed E-state index contributed by atoms with van der Waals surface area (Å²) in [6, 6.07) is 23.1. The van der Waals surface area contributed by atoms with E-state index < -0.39 is 12.0 Å². The van der Waals surface area contributed by atoms with Gasteiger partial charge in [-0.25, -0.2) is 4.52 Å². The summed E-state index contributed by atoms with van der Waals surface area (Å²) in [5, 5.41) is 21.7. The number of carbonyl (C=O) groups excluding carboxylic acids is 1. The average Bonchev–Trinajstić information content (AvgIpc) is 3.51. The van der Waals surface area contributed by atoms with Crippen LogP contribution in [0.25, 0.3) is 16.8 Å². The van der Waals surface area contributed by atoms with Gasteiger partial charge in [-0.05, 0) is 30.3 Å². The molecule has 180 valence electrons. The number of hydrogen-bond donors (Lipinski definition) is 2. The van der Waals surface area contributed by atoms with Crippen LogP contribution < -0.4 is 10.1 Å². The second-order valence-corrected chi connectivity index (χ2v) is 8.16. The number of hydrogen-bond acceptors (Lipinski definition) is 6. The van der Waals surface area contributed by atoms with Crippen molar-refractivity contribution >= 4 is 23.0 Å². The molecule has 0 bridgehead atoms. The zero-order valence-corrected chi connectivity index (χ0v) is 19.4. The summed E-state index contributed by atoms with van der Waals surface area (Å²) in [6.45, 7) is -0.366. The number of aliphatic carboxylic acids is 1. The first kappa shape index (κ1) is 22.9. The first-order chi connectivity index (χ1) is 17.5. The molecule has 1 unspecified atom stereocenters. The lowest BCUT2D eigenvalue weighted by molar-refractivity contribution is -0.137. The van der Waals surface area contributed by atoms with Gasteiger partial charge < -0.3 is 15.2 Å². The van der Waals surface area contributed by atoms with Gasteiger partial charge in [-0.1, -0.05) is 42.5 Å². The van der Waals surface area contributed by atoms with E-state index in [0.29, 0.717) is 34.0 Å².